The van der Waals surface area contributed by atoms with Crippen molar-refractivity contribution in [3.63, 3.8) is 0 Å². The van der Waals surface area contributed by atoms with Gasteiger partial charge in [0.1, 0.15) is 5.40 Å². The Hall–Kier alpha value is -1.58. The van der Waals surface area contributed by atoms with Crippen LogP contribution in [0.5, 0.6) is 0 Å². The van der Waals surface area contributed by atoms with Gasteiger partial charge in [-0.2, -0.15) is 5.26 Å². The maximum Gasteiger partial charge on any atom is 0.264 e. The number of nitrogens with zero attached hydrogens (tertiary/aromatic N) is 1. The Morgan fingerprint density at radius 1 is 1.25 bits per heavy atom. The Labute approximate surface area is 125 Å². The number of pyridine rings is 1. The second kappa shape index (κ2) is 7.27. The first kappa shape index (κ1) is 14.8. The lowest BCUT2D eigenvalue weighted by atomic mass is 10.2. The molecule has 104 valence electrons. The number of nitrogens with one attached hydrogen (secondary N) is 1. The average molecular weight is 305 g/mol. The molecular weight excluding hydrogens is 290 g/mol. The smallest absolute Gasteiger partial charge is 0.264 e. The highest BCUT2D eigenvalue weighted by Gasteiger charge is 2.09. The lowest BCUT2D eigenvalue weighted by Crippen LogP contribution is -2.12. The van der Waals surface area contributed by atoms with Gasteiger partial charge in [0.05, 0.1) is 16.1 Å². The van der Waals surface area contributed by atoms with E-state index in [-0.39, 0.29) is 5.56 Å². The Bertz CT molecular complexity index is 691. The summed E-state index contributed by atoms with van der Waals surface area (Å²) < 4.78 is 0. The number of aromatic amines is 1. The van der Waals surface area contributed by atoms with Crippen molar-refractivity contribution in [2.75, 3.05) is 17.2 Å². The van der Waals surface area contributed by atoms with Crippen LogP contribution in [0.4, 0.5) is 5.69 Å². The standard InChI is InChI=1S/C14H15N3OS2/c15-9-19-7-3-4-8-20-13-12(16)10-5-1-2-6-11(10)17-14(13)18/h1-2,5-6H,3-4,7-8H2,(H3,16,17,18). The molecule has 3 N–H and O–H groups in total. The largest absolute Gasteiger partial charge is 0.397 e. The molecule has 0 bridgehead atoms. The third kappa shape index (κ3) is 3.50. The number of fused-ring (bicyclic) bond motifs is 1. The van der Waals surface area contributed by atoms with E-state index in [9.17, 15) is 4.79 Å². The molecule has 0 saturated carbocycles. The van der Waals surface area contributed by atoms with Crippen molar-refractivity contribution < 1.29 is 0 Å². The van der Waals surface area contributed by atoms with Crippen molar-refractivity contribution in [1.82, 2.24) is 4.98 Å². The van der Waals surface area contributed by atoms with Crippen LogP contribution in [0.25, 0.3) is 10.9 Å². The number of nitrogen functional groups attached to an aromatic ring is 1. The van der Waals surface area contributed by atoms with Crippen LogP contribution in [0, 0.1) is 10.7 Å². The van der Waals surface area contributed by atoms with E-state index in [0.29, 0.717) is 10.6 Å². The predicted octanol–water partition coefficient (Wildman–Crippen LogP) is 3.20. The van der Waals surface area contributed by atoms with E-state index in [1.807, 2.05) is 29.7 Å². The zero-order valence-corrected chi connectivity index (χ0v) is 12.5. The van der Waals surface area contributed by atoms with Crippen LogP contribution in [0.1, 0.15) is 12.8 Å². The molecule has 2 aromatic rings. The third-order valence-corrected chi connectivity index (χ3v) is 4.68. The molecule has 0 aliphatic carbocycles. The minimum Gasteiger partial charge on any atom is -0.397 e. The van der Waals surface area contributed by atoms with Gasteiger partial charge in [-0.15, -0.1) is 11.8 Å². The minimum atomic E-state index is -0.127. The normalized spacial score (nSPS) is 10.6. The lowest BCUT2D eigenvalue weighted by molar-refractivity contribution is 0.908. The van der Waals surface area contributed by atoms with Crippen molar-refractivity contribution in [3.8, 4) is 5.40 Å². The summed E-state index contributed by atoms with van der Waals surface area (Å²) in [5.41, 5.74) is 7.29. The third-order valence-electron chi connectivity index (χ3n) is 2.87. The van der Waals surface area contributed by atoms with Gasteiger partial charge in [-0.25, -0.2) is 0 Å². The van der Waals surface area contributed by atoms with E-state index in [4.69, 9.17) is 11.0 Å². The van der Waals surface area contributed by atoms with E-state index in [2.05, 4.69) is 4.98 Å². The summed E-state index contributed by atoms with van der Waals surface area (Å²) in [5.74, 6) is 1.66. The highest BCUT2D eigenvalue weighted by atomic mass is 32.2. The molecule has 2 rings (SSSR count). The van der Waals surface area contributed by atoms with Gasteiger partial charge < -0.3 is 10.7 Å². The molecule has 1 heterocycles. The van der Waals surface area contributed by atoms with Crippen molar-refractivity contribution in [1.29, 1.82) is 5.26 Å². The summed E-state index contributed by atoms with van der Waals surface area (Å²) in [5, 5.41) is 11.4. The Kier molecular flexibility index (Phi) is 5.39. The van der Waals surface area contributed by atoms with Crippen molar-refractivity contribution in [2.24, 2.45) is 0 Å². The molecule has 6 heteroatoms. The van der Waals surface area contributed by atoms with E-state index in [0.717, 1.165) is 35.3 Å². The van der Waals surface area contributed by atoms with Gasteiger partial charge in [0.25, 0.3) is 5.56 Å². The van der Waals surface area contributed by atoms with E-state index >= 15 is 0 Å². The molecule has 0 spiro atoms. The molecule has 20 heavy (non-hydrogen) atoms. The fourth-order valence-electron chi connectivity index (χ4n) is 1.89. The first-order valence-corrected chi connectivity index (χ1v) is 8.25. The van der Waals surface area contributed by atoms with Crippen LogP contribution in [0.2, 0.25) is 0 Å². The fraction of sp³-hybridized carbons (Fsp3) is 0.286. The van der Waals surface area contributed by atoms with Gasteiger partial charge in [0.2, 0.25) is 0 Å². The molecule has 1 aromatic carbocycles. The summed E-state index contributed by atoms with van der Waals surface area (Å²) >= 11 is 2.75. The topological polar surface area (TPSA) is 82.7 Å². The predicted molar refractivity (Wildman–Crippen MR) is 87.0 cm³/mol. The van der Waals surface area contributed by atoms with Crippen LogP contribution in [0.15, 0.2) is 34.0 Å². The van der Waals surface area contributed by atoms with Gasteiger partial charge in [-0.1, -0.05) is 18.2 Å². The molecule has 0 saturated heterocycles. The number of thiocyanates is 1. The zero-order valence-electron chi connectivity index (χ0n) is 10.9. The van der Waals surface area contributed by atoms with Gasteiger partial charge in [-0.3, -0.25) is 4.79 Å². The van der Waals surface area contributed by atoms with Gasteiger partial charge >= 0.3 is 0 Å². The number of para-hydroxylation sites is 1. The number of benzene rings is 1. The van der Waals surface area contributed by atoms with E-state index in [1.165, 1.54) is 23.5 Å². The number of anilines is 1. The Morgan fingerprint density at radius 3 is 2.80 bits per heavy atom. The molecule has 0 unspecified atom stereocenters. The van der Waals surface area contributed by atoms with Crippen LogP contribution >= 0.6 is 23.5 Å². The average Bonchev–Trinajstić information content (AvgIpc) is 2.45. The Morgan fingerprint density at radius 2 is 2.00 bits per heavy atom. The van der Waals surface area contributed by atoms with E-state index < -0.39 is 0 Å². The molecule has 4 nitrogen and oxygen atoms in total. The van der Waals surface area contributed by atoms with Crippen molar-refractivity contribution in [2.45, 2.75) is 17.7 Å². The van der Waals surface area contributed by atoms with Crippen LogP contribution in [-0.4, -0.2) is 16.5 Å². The highest BCUT2D eigenvalue weighted by Crippen LogP contribution is 2.28. The summed E-state index contributed by atoms with van der Waals surface area (Å²) in [6, 6.07) is 7.54. The van der Waals surface area contributed by atoms with Crippen LogP contribution in [-0.2, 0) is 0 Å². The summed E-state index contributed by atoms with van der Waals surface area (Å²) in [7, 11) is 0. The maximum absolute atomic E-state index is 12.0. The van der Waals surface area contributed by atoms with Crippen LogP contribution in [0.3, 0.4) is 0 Å². The monoisotopic (exact) mass is 305 g/mol. The minimum absolute atomic E-state index is 0.127. The maximum atomic E-state index is 12.0. The van der Waals surface area contributed by atoms with Gasteiger partial charge in [0.15, 0.2) is 0 Å². The lowest BCUT2D eigenvalue weighted by Gasteiger charge is -2.07. The number of hydrogen-bond acceptors (Lipinski definition) is 5. The highest BCUT2D eigenvalue weighted by molar-refractivity contribution is 8.03. The second-order valence-electron chi connectivity index (χ2n) is 4.24. The van der Waals surface area contributed by atoms with Gasteiger partial charge in [-0.05, 0) is 36.4 Å². The number of aromatic nitrogens is 1. The zero-order chi connectivity index (χ0) is 14.4. The molecule has 1 aromatic heterocycles. The molecule has 0 amide bonds. The second-order valence-corrected chi connectivity index (χ2v) is 6.22. The number of hydrogen-bond donors (Lipinski definition) is 2. The molecule has 0 radical (unpaired) electrons. The molecule has 0 aliphatic heterocycles. The number of rotatable bonds is 6. The molecular formula is C14H15N3OS2. The van der Waals surface area contributed by atoms with Crippen molar-refractivity contribution >= 4 is 40.1 Å². The first-order chi connectivity index (χ1) is 9.74. The first-order valence-electron chi connectivity index (χ1n) is 6.28. The van der Waals surface area contributed by atoms with Gasteiger partial charge in [0, 0.05) is 11.1 Å². The number of nitrogens with two attached hydrogens (primary N) is 1. The summed E-state index contributed by atoms with van der Waals surface area (Å²) in [6.45, 7) is 0. The Balaban J connectivity index is 2.07. The number of H-pyrrole nitrogens is 1. The van der Waals surface area contributed by atoms with Crippen molar-refractivity contribution in [3.05, 3.63) is 34.6 Å². The molecule has 0 fully saturated rings. The number of thioether (sulfide) groups is 2. The van der Waals surface area contributed by atoms with Crippen LogP contribution < -0.4 is 11.3 Å². The number of nitriles is 1. The molecule has 0 aliphatic rings. The van der Waals surface area contributed by atoms with E-state index in [1.54, 1.807) is 0 Å². The summed E-state index contributed by atoms with van der Waals surface area (Å²) in [4.78, 5) is 15.5. The number of unbranched alkanes of at least 4 members (excludes halogenated alkanes) is 1. The fourth-order valence-corrected chi connectivity index (χ4v) is 3.33. The summed E-state index contributed by atoms with van der Waals surface area (Å²) in [6.07, 6.45) is 1.93. The quantitative estimate of drug-likeness (QED) is 0.486. The SMILES string of the molecule is N#CSCCCCSc1c(N)c2ccccc2[nH]c1=O. The molecule has 0 atom stereocenters.